The van der Waals surface area contributed by atoms with E-state index in [-0.39, 0.29) is 11.2 Å². The van der Waals surface area contributed by atoms with Crippen molar-refractivity contribution in [2.24, 2.45) is 10.4 Å². The van der Waals surface area contributed by atoms with Crippen LogP contribution in [0.5, 0.6) is 0 Å². The number of ether oxygens (including phenoxy) is 1. The number of sulfonamides is 1. The Hall–Kier alpha value is -1.65. The number of nitrogens with zero attached hydrogens (tertiary/aromatic N) is 4. The Morgan fingerprint density at radius 2 is 2.10 bits per heavy atom. The molecular weight excluding hydrogens is 394 g/mol. The van der Waals surface area contributed by atoms with Gasteiger partial charge in [0.05, 0.1) is 5.69 Å². The van der Waals surface area contributed by atoms with Crippen molar-refractivity contribution in [3.63, 3.8) is 0 Å². The average Bonchev–Trinajstić information content (AvgIpc) is 3.18. The summed E-state index contributed by atoms with van der Waals surface area (Å²) in [7, 11) is -1.65. The molecule has 1 aromatic rings. The lowest BCUT2D eigenvalue weighted by Crippen LogP contribution is -2.54. The molecule has 2 heterocycles. The Kier molecular flexibility index (Phi) is 7.53. The maximum absolute atomic E-state index is 12.6. The van der Waals surface area contributed by atoms with Gasteiger partial charge in [-0.2, -0.15) is 4.31 Å². The number of methoxy groups -OCH3 is 1. The maximum atomic E-state index is 12.6. The van der Waals surface area contributed by atoms with Crippen molar-refractivity contribution in [2.75, 3.05) is 53.0 Å². The van der Waals surface area contributed by atoms with Crippen LogP contribution in [0.25, 0.3) is 0 Å². The second kappa shape index (κ2) is 9.90. The molecule has 1 saturated carbocycles. The summed E-state index contributed by atoms with van der Waals surface area (Å²) in [6.07, 6.45) is 6.10. The largest absolute Gasteiger partial charge is 0.385 e. The van der Waals surface area contributed by atoms with E-state index in [1.54, 1.807) is 13.2 Å². The zero-order valence-electron chi connectivity index (χ0n) is 17.5. The molecule has 1 aromatic heterocycles. The van der Waals surface area contributed by atoms with Gasteiger partial charge in [0.25, 0.3) is 0 Å². The molecule has 10 heteroatoms. The Morgan fingerprint density at radius 3 is 2.66 bits per heavy atom. The maximum Gasteiger partial charge on any atom is 0.220 e. The first kappa shape index (κ1) is 22.0. The molecule has 0 atom stereocenters. The minimum absolute atomic E-state index is 0.125. The topological polar surface area (TPSA) is 100 Å². The monoisotopic (exact) mass is 427 g/mol. The van der Waals surface area contributed by atoms with Crippen molar-refractivity contribution in [1.29, 1.82) is 0 Å². The van der Waals surface area contributed by atoms with Gasteiger partial charge in [0.15, 0.2) is 5.96 Å². The molecule has 0 bridgehead atoms. The summed E-state index contributed by atoms with van der Waals surface area (Å²) in [4.78, 5) is 7.08. The number of hydrogen-bond donors (Lipinski definition) is 1. The SMILES string of the molecule is CCNC(=NCC1(CCOC)CCC1)N1CCN(S(=O)(=O)Cc2ccon2)CC1. The molecule has 1 N–H and O–H groups in total. The molecule has 2 fully saturated rings. The van der Waals surface area contributed by atoms with E-state index in [2.05, 4.69) is 22.3 Å². The Labute approximate surface area is 173 Å². The number of hydrogen-bond acceptors (Lipinski definition) is 6. The highest BCUT2D eigenvalue weighted by molar-refractivity contribution is 7.88. The molecule has 9 nitrogen and oxygen atoms in total. The molecule has 164 valence electrons. The fourth-order valence-corrected chi connectivity index (χ4v) is 5.34. The highest BCUT2D eigenvalue weighted by Crippen LogP contribution is 2.44. The van der Waals surface area contributed by atoms with Crippen LogP contribution in [0.4, 0.5) is 0 Å². The van der Waals surface area contributed by atoms with Gasteiger partial charge in [0.2, 0.25) is 10.0 Å². The van der Waals surface area contributed by atoms with Gasteiger partial charge in [0, 0.05) is 59.1 Å². The first-order chi connectivity index (χ1) is 14.0. The lowest BCUT2D eigenvalue weighted by molar-refractivity contribution is 0.0775. The first-order valence-electron chi connectivity index (χ1n) is 10.4. The second-order valence-electron chi connectivity index (χ2n) is 7.90. The van der Waals surface area contributed by atoms with Crippen LogP contribution in [0.3, 0.4) is 0 Å². The van der Waals surface area contributed by atoms with E-state index < -0.39 is 10.0 Å². The van der Waals surface area contributed by atoms with E-state index in [4.69, 9.17) is 14.3 Å². The van der Waals surface area contributed by atoms with Gasteiger partial charge in [-0.15, -0.1) is 0 Å². The molecular formula is C19H33N5O4S. The van der Waals surface area contributed by atoms with Crippen LogP contribution in [-0.2, 0) is 20.5 Å². The summed E-state index contributed by atoms with van der Waals surface area (Å²) < 4.78 is 36.8. The second-order valence-corrected chi connectivity index (χ2v) is 9.87. The van der Waals surface area contributed by atoms with Gasteiger partial charge in [-0.05, 0) is 31.6 Å². The smallest absolute Gasteiger partial charge is 0.220 e. The Balaban J connectivity index is 1.57. The van der Waals surface area contributed by atoms with E-state index in [0.717, 1.165) is 32.1 Å². The van der Waals surface area contributed by atoms with Crippen LogP contribution in [0.2, 0.25) is 0 Å². The molecule has 0 aromatic carbocycles. The number of rotatable bonds is 9. The van der Waals surface area contributed by atoms with Crippen LogP contribution < -0.4 is 5.32 Å². The summed E-state index contributed by atoms with van der Waals surface area (Å²) in [6.45, 7) is 6.53. The minimum atomic E-state index is -3.40. The number of nitrogens with one attached hydrogen (secondary N) is 1. The van der Waals surface area contributed by atoms with Gasteiger partial charge in [-0.1, -0.05) is 11.6 Å². The molecule has 0 amide bonds. The third-order valence-corrected chi connectivity index (χ3v) is 7.72. The van der Waals surface area contributed by atoms with Crippen molar-refractivity contribution in [1.82, 2.24) is 19.7 Å². The summed E-state index contributed by atoms with van der Waals surface area (Å²) >= 11 is 0. The van der Waals surface area contributed by atoms with Gasteiger partial charge in [-0.3, -0.25) is 4.99 Å². The average molecular weight is 428 g/mol. The van der Waals surface area contributed by atoms with Crippen molar-refractivity contribution in [3.05, 3.63) is 18.0 Å². The molecule has 0 unspecified atom stereocenters. The molecule has 3 rings (SSSR count). The summed E-state index contributed by atoms with van der Waals surface area (Å²) in [5, 5.41) is 7.09. The van der Waals surface area contributed by atoms with Gasteiger partial charge < -0.3 is 19.5 Å². The molecule has 0 radical (unpaired) electrons. The van der Waals surface area contributed by atoms with Crippen LogP contribution in [0.1, 0.15) is 38.3 Å². The van der Waals surface area contributed by atoms with Crippen LogP contribution >= 0.6 is 0 Å². The molecule has 2 aliphatic rings. The molecule has 0 spiro atoms. The fraction of sp³-hybridized carbons (Fsp3) is 0.789. The van der Waals surface area contributed by atoms with Crippen molar-refractivity contribution >= 4 is 16.0 Å². The minimum Gasteiger partial charge on any atom is -0.385 e. The standard InChI is InChI=1S/C19H33N5O4S/c1-3-20-18(21-16-19(6-4-7-19)8-14-27-2)23-9-11-24(12-10-23)29(25,26)15-17-5-13-28-22-17/h5,13H,3-4,6-12,14-16H2,1-2H3,(H,20,21). The van der Waals surface area contributed by atoms with Crippen LogP contribution in [-0.4, -0.2) is 81.7 Å². The van der Waals surface area contributed by atoms with Gasteiger partial charge >= 0.3 is 0 Å². The third-order valence-electron chi connectivity index (χ3n) is 5.90. The van der Waals surface area contributed by atoms with Gasteiger partial charge in [-0.25, -0.2) is 8.42 Å². The quantitative estimate of drug-likeness (QED) is 0.468. The van der Waals surface area contributed by atoms with Crippen molar-refractivity contribution in [3.8, 4) is 0 Å². The highest BCUT2D eigenvalue weighted by atomic mass is 32.2. The van der Waals surface area contributed by atoms with E-state index >= 15 is 0 Å². The summed E-state index contributed by atoms with van der Waals surface area (Å²) in [5.74, 6) is 0.754. The van der Waals surface area contributed by atoms with E-state index in [9.17, 15) is 8.42 Å². The van der Waals surface area contributed by atoms with Crippen molar-refractivity contribution < 1.29 is 17.7 Å². The van der Waals surface area contributed by atoms with Crippen molar-refractivity contribution in [2.45, 2.75) is 38.4 Å². The van der Waals surface area contributed by atoms with E-state index in [0.29, 0.717) is 31.9 Å². The van der Waals surface area contributed by atoms with Crippen LogP contribution in [0.15, 0.2) is 21.8 Å². The predicted octanol–water partition coefficient (Wildman–Crippen LogP) is 1.29. The summed E-state index contributed by atoms with van der Waals surface area (Å²) in [5.41, 5.74) is 0.698. The highest BCUT2D eigenvalue weighted by Gasteiger charge is 2.37. The molecule has 29 heavy (non-hydrogen) atoms. The van der Waals surface area contributed by atoms with Gasteiger partial charge in [0.1, 0.15) is 12.0 Å². The zero-order valence-corrected chi connectivity index (χ0v) is 18.3. The number of aliphatic imine (C=N–C) groups is 1. The third kappa shape index (κ3) is 5.70. The predicted molar refractivity (Wildman–Crippen MR) is 111 cm³/mol. The Morgan fingerprint density at radius 1 is 1.34 bits per heavy atom. The molecule has 1 aliphatic heterocycles. The fourth-order valence-electron chi connectivity index (χ4n) is 3.92. The normalized spacial score (nSPS) is 20.5. The van der Waals surface area contributed by atoms with Crippen LogP contribution in [0, 0.1) is 5.41 Å². The number of piperazine rings is 1. The van der Waals surface area contributed by atoms with E-state index in [1.807, 2.05) is 0 Å². The van der Waals surface area contributed by atoms with E-state index in [1.165, 1.54) is 29.8 Å². The number of aromatic nitrogens is 1. The molecule has 1 aliphatic carbocycles. The zero-order chi connectivity index (χ0) is 20.7. The summed E-state index contributed by atoms with van der Waals surface area (Å²) in [6, 6.07) is 1.59. The molecule has 1 saturated heterocycles. The first-order valence-corrected chi connectivity index (χ1v) is 12.0. The lowest BCUT2D eigenvalue weighted by atomic mass is 9.67. The lowest BCUT2D eigenvalue weighted by Gasteiger charge is -2.41. The Bertz CT molecular complexity index is 754. The number of guanidine groups is 1.